The van der Waals surface area contributed by atoms with Crippen molar-refractivity contribution in [1.82, 2.24) is 0 Å². The van der Waals surface area contributed by atoms with Crippen molar-refractivity contribution in [2.45, 2.75) is 24.8 Å². The maximum Gasteiger partial charge on any atom is 0.265 e. The van der Waals surface area contributed by atoms with E-state index in [1.807, 2.05) is 0 Å². The maximum absolute atomic E-state index is 13.1. The van der Waals surface area contributed by atoms with E-state index in [2.05, 4.69) is 5.32 Å². The predicted octanol–water partition coefficient (Wildman–Crippen LogP) is 3.65. The predicted molar refractivity (Wildman–Crippen MR) is 102 cm³/mol. The number of benzene rings is 2. The molecule has 138 valence electrons. The Kier molecular flexibility index (Phi) is 6.28. The van der Waals surface area contributed by atoms with Gasteiger partial charge < -0.3 is 5.32 Å². The van der Waals surface area contributed by atoms with Crippen LogP contribution in [0.15, 0.2) is 53.4 Å². The minimum Gasteiger partial charge on any atom is -0.326 e. The second kappa shape index (κ2) is 8.07. The Bertz CT molecular complexity index is 930. The molecule has 2 rings (SSSR count). The van der Waals surface area contributed by atoms with Crippen molar-refractivity contribution in [2.75, 3.05) is 9.62 Å². The molecular formula is C17H16Cl2N2O4S. The lowest BCUT2D eigenvalue weighted by Crippen LogP contribution is -2.42. The number of nitrogens with one attached hydrogen (secondary N) is 1. The number of hydrogen-bond acceptors (Lipinski definition) is 4. The van der Waals surface area contributed by atoms with Crippen molar-refractivity contribution in [3.8, 4) is 0 Å². The van der Waals surface area contributed by atoms with Crippen LogP contribution in [0.5, 0.6) is 0 Å². The van der Waals surface area contributed by atoms with Gasteiger partial charge in [-0.2, -0.15) is 0 Å². The number of sulfonamides is 1. The Labute approximate surface area is 161 Å². The third-order valence-electron chi connectivity index (χ3n) is 3.47. The smallest absolute Gasteiger partial charge is 0.265 e. The summed E-state index contributed by atoms with van der Waals surface area (Å²) in [7, 11) is -4.10. The van der Waals surface area contributed by atoms with Gasteiger partial charge in [0.15, 0.2) is 0 Å². The van der Waals surface area contributed by atoms with E-state index in [4.69, 9.17) is 23.2 Å². The Morgan fingerprint density at radius 2 is 1.73 bits per heavy atom. The van der Waals surface area contributed by atoms with Crippen LogP contribution in [0.25, 0.3) is 0 Å². The van der Waals surface area contributed by atoms with E-state index in [1.54, 1.807) is 12.1 Å². The van der Waals surface area contributed by atoms with E-state index in [0.717, 1.165) is 4.31 Å². The Hall–Kier alpha value is -2.09. The number of hydrogen-bond donors (Lipinski definition) is 1. The van der Waals surface area contributed by atoms with Crippen LogP contribution in [-0.2, 0) is 19.6 Å². The molecule has 0 radical (unpaired) electrons. The van der Waals surface area contributed by atoms with Gasteiger partial charge >= 0.3 is 0 Å². The number of rotatable bonds is 6. The lowest BCUT2D eigenvalue weighted by molar-refractivity contribution is -0.114. The van der Waals surface area contributed by atoms with E-state index >= 15 is 0 Å². The zero-order valence-corrected chi connectivity index (χ0v) is 16.3. The van der Waals surface area contributed by atoms with Gasteiger partial charge in [-0.1, -0.05) is 17.7 Å². The highest BCUT2D eigenvalue weighted by molar-refractivity contribution is 7.93. The third kappa shape index (κ3) is 4.55. The Morgan fingerprint density at radius 3 is 2.23 bits per heavy atom. The van der Waals surface area contributed by atoms with Gasteiger partial charge in [0.2, 0.25) is 11.1 Å². The average Bonchev–Trinajstić information content (AvgIpc) is 2.54. The van der Waals surface area contributed by atoms with Crippen LogP contribution >= 0.6 is 23.2 Å². The van der Waals surface area contributed by atoms with E-state index in [1.165, 1.54) is 50.2 Å². The van der Waals surface area contributed by atoms with Crippen molar-refractivity contribution in [1.29, 1.82) is 0 Å². The van der Waals surface area contributed by atoms with Gasteiger partial charge in [0.25, 0.3) is 10.0 Å². The Morgan fingerprint density at radius 1 is 1.12 bits per heavy atom. The summed E-state index contributed by atoms with van der Waals surface area (Å²) in [5.41, 5.74) is 0.664. The number of anilines is 2. The largest absolute Gasteiger partial charge is 0.326 e. The summed E-state index contributed by atoms with van der Waals surface area (Å²) >= 11 is 11.5. The maximum atomic E-state index is 13.1. The van der Waals surface area contributed by atoms with E-state index in [9.17, 15) is 18.0 Å². The molecule has 0 aliphatic heterocycles. The molecule has 0 spiro atoms. The molecule has 0 fully saturated rings. The van der Waals surface area contributed by atoms with Crippen LogP contribution in [0.1, 0.15) is 13.8 Å². The molecule has 6 nitrogen and oxygen atoms in total. The molecule has 1 unspecified atom stereocenters. The van der Waals surface area contributed by atoms with E-state index < -0.39 is 21.3 Å². The highest BCUT2D eigenvalue weighted by Crippen LogP contribution is 2.29. The highest BCUT2D eigenvalue weighted by Gasteiger charge is 2.32. The number of carbonyl (C=O) groups is 2. The van der Waals surface area contributed by atoms with E-state index in [-0.39, 0.29) is 16.5 Å². The molecule has 2 aromatic carbocycles. The summed E-state index contributed by atoms with van der Waals surface area (Å²) in [6.45, 7) is 2.73. The molecule has 1 atom stereocenters. The monoisotopic (exact) mass is 414 g/mol. The molecule has 0 bridgehead atoms. The molecule has 26 heavy (non-hydrogen) atoms. The van der Waals surface area contributed by atoms with Crippen molar-refractivity contribution >= 4 is 55.7 Å². The molecule has 0 heterocycles. The van der Waals surface area contributed by atoms with Crippen molar-refractivity contribution in [2.24, 2.45) is 0 Å². The summed E-state index contributed by atoms with van der Waals surface area (Å²) in [6.07, 6.45) is 0. The minimum absolute atomic E-state index is 0.0589. The lowest BCUT2D eigenvalue weighted by Gasteiger charge is -2.28. The van der Waals surface area contributed by atoms with Gasteiger partial charge in [-0.3, -0.25) is 13.9 Å². The quantitative estimate of drug-likeness (QED) is 0.731. The second-order valence-electron chi connectivity index (χ2n) is 5.47. The van der Waals surface area contributed by atoms with Crippen LogP contribution in [0.2, 0.25) is 5.02 Å². The number of nitrogens with zero attached hydrogens (tertiary/aromatic N) is 1. The van der Waals surface area contributed by atoms with Crippen molar-refractivity contribution in [3.05, 3.63) is 53.6 Å². The molecule has 0 aromatic heterocycles. The fraction of sp³-hybridized carbons (Fsp3) is 0.176. The molecule has 0 saturated heterocycles. The first-order valence-corrected chi connectivity index (χ1v) is 9.69. The zero-order chi connectivity index (χ0) is 19.5. The fourth-order valence-corrected chi connectivity index (χ4v) is 4.25. The van der Waals surface area contributed by atoms with Crippen molar-refractivity contribution < 1.29 is 18.0 Å². The average molecular weight is 415 g/mol. The van der Waals surface area contributed by atoms with E-state index in [0.29, 0.717) is 10.7 Å². The standard InChI is InChI=1S/C17H16Cl2N2O4S/c1-11(17(19)23)21(15-5-3-4-13(18)10-15)26(24,25)16-8-6-14(7-9-16)20-12(2)22/h3-11H,1-2H3,(H,20,22). The number of amides is 1. The van der Waals surface area contributed by atoms with Crippen LogP contribution in [-0.4, -0.2) is 25.6 Å². The molecule has 0 saturated carbocycles. The molecule has 9 heteroatoms. The summed E-state index contributed by atoms with van der Waals surface area (Å²) in [4.78, 5) is 22.7. The SMILES string of the molecule is CC(=O)Nc1ccc(S(=O)(=O)N(c2cccc(Cl)c2)C(C)C(=O)Cl)cc1. The Balaban J connectivity index is 2.52. The van der Waals surface area contributed by atoms with Gasteiger partial charge in [-0.15, -0.1) is 0 Å². The lowest BCUT2D eigenvalue weighted by atomic mass is 10.3. The third-order valence-corrected chi connectivity index (χ3v) is 5.94. The van der Waals surface area contributed by atoms with Gasteiger partial charge in [-0.25, -0.2) is 8.42 Å². The van der Waals surface area contributed by atoms with Gasteiger partial charge in [-0.05, 0) is 61.0 Å². The first-order valence-electron chi connectivity index (χ1n) is 7.50. The summed E-state index contributed by atoms with van der Waals surface area (Å²) < 4.78 is 27.1. The van der Waals surface area contributed by atoms with Crippen molar-refractivity contribution in [3.63, 3.8) is 0 Å². The molecular weight excluding hydrogens is 399 g/mol. The van der Waals surface area contributed by atoms with Gasteiger partial charge in [0.1, 0.15) is 6.04 Å². The first-order chi connectivity index (χ1) is 12.1. The summed E-state index contributed by atoms with van der Waals surface area (Å²) in [5, 5.41) is 2.04. The first kappa shape index (κ1) is 20.2. The second-order valence-corrected chi connectivity index (χ2v) is 8.09. The van der Waals surface area contributed by atoms with Gasteiger partial charge in [0, 0.05) is 17.6 Å². The van der Waals surface area contributed by atoms with Crippen LogP contribution < -0.4 is 9.62 Å². The zero-order valence-electron chi connectivity index (χ0n) is 13.9. The van der Waals surface area contributed by atoms with Crippen LogP contribution in [0.4, 0.5) is 11.4 Å². The summed E-state index contributed by atoms with van der Waals surface area (Å²) in [5.74, 6) is -0.275. The number of halogens is 2. The highest BCUT2D eigenvalue weighted by atomic mass is 35.5. The van der Waals surface area contributed by atoms with Gasteiger partial charge in [0.05, 0.1) is 10.6 Å². The fourth-order valence-electron chi connectivity index (χ4n) is 2.30. The summed E-state index contributed by atoms with van der Waals surface area (Å²) in [6, 6.07) is 10.6. The van der Waals surface area contributed by atoms with Crippen LogP contribution in [0.3, 0.4) is 0 Å². The molecule has 1 amide bonds. The molecule has 2 aromatic rings. The minimum atomic E-state index is -4.10. The molecule has 0 aliphatic rings. The normalized spacial score (nSPS) is 12.3. The molecule has 1 N–H and O–H groups in total. The van der Waals surface area contributed by atoms with Crippen LogP contribution in [0, 0.1) is 0 Å². The molecule has 0 aliphatic carbocycles. The topological polar surface area (TPSA) is 83.6 Å². The number of carbonyl (C=O) groups excluding carboxylic acids is 2.